The molecule has 3 aromatic carbocycles. The second-order valence-electron chi connectivity index (χ2n) is 11.6. The molecule has 2 fully saturated rings. The van der Waals surface area contributed by atoms with Gasteiger partial charge in [-0.2, -0.15) is 10.2 Å². The Morgan fingerprint density at radius 2 is 1.67 bits per heavy atom. The highest BCUT2D eigenvalue weighted by atomic mass is 19.1. The molecule has 1 saturated heterocycles. The fraction of sp³-hybridized carbons (Fsp3) is 0.294. The summed E-state index contributed by atoms with van der Waals surface area (Å²) in [7, 11) is 3.23. The molecular formula is C34H31FN6O5. The molecule has 234 valence electrons. The summed E-state index contributed by atoms with van der Waals surface area (Å²) >= 11 is 0. The van der Waals surface area contributed by atoms with Crippen LogP contribution in [0.5, 0.6) is 11.5 Å². The van der Waals surface area contributed by atoms with E-state index in [-0.39, 0.29) is 18.2 Å². The van der Waals surface area contributed by atoms with Gasteiger partial charge in [-0.1, -0.05) is 35.6 Å². The van der Waals surface area contributed by atoms with E-state index in [0.29, 0.717) is 5.75 Å². The maximum absolute atomic E-state index is 14.1. The molecule has 0 bridgehead atoms. The first-order valence-electron chi connectivity index (χ1n) is 15.1. The summed E-state index contributed by atoms with van der Waals surface area (Å²) in [6, 6.07) is 18.0. The number of hydrogen-bond donors (Lipinski definition) is 0. The van der Waals surface area contributed by atoms with E-state index in [1.807, 2.05) is 48.5 Å². The number of anilines is 1. The maximum atomic E-state index is 14.1. The number of methoxy groups -OCH3 is 2. The van der Waals surface area contributed by atoms with Crippen LogP contribution in [0.2, 0.25) is 0 Å². The number of carbonyl (C=O) groups excluding carboxylic acids is 3. The summed E-state index contributed by atoms with van der Waals surface area (Å²) < 4.78 is 24.6. The first-order chi connectivity index (χ1) is 22.4. The highest BCUT2D eigenvalue weighted by Crippen LogP contribution is 2.45. The zero-order chi connectivity index (χ0) is 31.9. The van der Waals surface area contributed by atoms with E-state index in [0.717, 1.165) is 58.4 Å². The number of ether oxygens (including phenoxy) is 2. The van der Waals surface area contributed by atoms with Gasteiger partial charge in [0.1, 0.15) is 23.9 Å². The third-order valence-electron chi connectivity index (χ3n) is 8.89. The number of nitrogens with zero attached hydrogens (tertiary/aromatic N) is 6. The van der Waals surface area contributed by atoms with Crippen LogP contribution >= 0.6 is 0 Å². The Morgan fingerprint density at radius 3 is 2.37 bits per heavy atom. The highest BCUT2D eigenvalue weighted by Gasteiger charge is 2.55. The minimum Gasteiger partial charge on any atom is -0.497 e. The van der Waals surface area contributed by atoms with E-state index in [9.17, 15) is 18.8 Å². The predicted molar refractivity (Wildman–Crippen MR) is 166 cm³/mol. The Bertz CT molecular complexity index is 1790. The Kier molecular flexibility index (Phi) is 7.55. The fourth-order valence-electron chi connectivity index (χ4n) is 6.68. The number of hydrogen-bond acceptors (Lipinski definition) is 9. The highest BCUT2D eigenvalue weighted by molar-refractivity contribution is 6.25. The lowest BCUT2D eigenvalue weighted by Gasteiger charge is -2.30. The smallest absolute Gasteiger partial charge is 0.264 e. The van der Waals surface area contributed by atoms with E-state index in [1.54, 1.807) is 14.2 Å². The van der Waals surface area contributed by atoms with Crippen molar-refractivity contribution < 1.29 is 28.2 Å². The number of amides is 3. The number of rotatable bonds is 7. The molecule has 11 nitrogen and oxygen atoms in total. The summed E-state index contributed by atoms with van der Waals surface area (Å²) in [5.74, 6) is -0.797. The van der Waals surface area contributed by atoms with Gasteiger partial charge in [-0.05, 0) is 84.5 Å². The van der Waals surface area contributed by atoms with Crippen molar-refractivity contribution in [1.29, 1.82) is 0 Å². The Balaban J connectivity index is 1.19. The van der Waals surface area contributed by atoms with Crippen molar-refractivity contribution in [1.82, 2.24) is 10.0 Å². The SMILES string of the molecule is COc1ccc(/C=C2\CCC[C@@H]3C2=NN(C(=O)CN2N=N[C@@H]4C(=O)N(c5cccc(F)c5)C(=O)[C@H]42)[C@H]3c2ccc(OC)cc2)cc1. The Morgan fingerprint density at radius 1 is 0.957 bits per heavy atom. The summed E-state index contributed by atoms with van der Waals surface area (Å²) in [6.45, 7) is -0.325. The molecule has 0 N–H and O–H groups in total. The van der Waals surface area contributed by atoms with Crippen molar-refractivity contribution in [2.24, 2.45) is 21.4 Å². The van der Waals surface area contributed by atoms with Crippen molar-refractivity contribution in [3.05, 3.63) is 95.3 Å². The van der Waals surface area contributed by atoms with Gasteiger partial charge in [0, 0.05) is 5.92 Å². The van der Waals surface area contributed by atoms with Gasteiger partial charge in [-0.3, -0.25) is 19.4 Å². The van der Waals surface area contributed by atoms with Gasteiger partial charge in [0.25, 0.3) is 17.7 Å². The molecule has 46 heavy (non-hydrogen) atoms. The molecule has 3 heterocycles. The number of carbonyl (C=O) groups is 3. The van der Waals surface area contributed by atoms with Gasteiger partial charge in [0.15, 0.2) is 12.1 Å². The molecule has 0 unspecified atom stereocenters. The van der Waals surface area contributed by atoms with Crippen LogP contribution in [0.1, 0.15) is 36.4 Å². The number of halogens is 1. The number of allylic oxidation sites excluding steroid dienone is 1. The van der Waals surface area contributed by atoms with E-state index in [4.69, 9.17) is 14.6 Å². The molecule has 3 aromatic rings. The molecule has 1 aliphatic carbocycles. The van der Waals surface area contributed by atoms with Crippen molar-refractivity contribution in [3.63, 3.8) is 0 Å². The molecular weight excluding hydrogens is 591 g/mol. The zero-order valence-corrected chi connectivity index (χ0v) is 25.2. The largest absolute Gasteiger partial charge is 0.497 e. The second-order valence-corrected chi connectivity index (χ2v) is 11.6. The van der Waals surface area contributed by atoms with Gasteiger partial charge >= 0.3 is 0 Å². The number of benzene rings is 3. The minimum absolute atomic E-state index is 0.0540. The minimum atomic E-state index is -1.12. The van der Waals surface area contributed by atoms with E-state index < -0.39 is 41.7 Å². The quantitative estimate of drug-likeness (QED) is 0.344. The molecule has 4 aliphatic rings. The van der Waals surface area contributed by atoms with Gasteiger partial charge in [0.2, 0.25) is 0 Å². The van der Waals surface area contributed by atoms with Gasteiger partial charge in [-0.25, -0.2) is 14.3 Å². The average Bonchev–Trinajstić information content (AvgIpc) is 3.74. The van der Waals surface area contributed by atoms with E-state index in [1.165, 1.54) is 28.2 Å². The molecule has 12 heteroatoms. The van der Waals surface area contributed by atoms with Crippen molar-refractivity contribution in [2.75, 3.05) is 25.7 Å². The summed E-state index contributed by atoms with van der Waals surface area (Å²) in [5, 5.41) is 15.8. The lowest BCUT2D eigenvalue weighted by molar-refractivity contribution is -0.136. The monoisotopic (exact) mass is 622 g/mol. The lowest BCUT2D eigenvalue weighted by atomic mass is 9.77. The molecule has 1 saturated carbocycles. The van der Waals surface area contributed by atoms with Crippen LogP contribution in [0.25, 0.3) is 6.08 Å². The predicted octanol–water partition coefficient (Wildman–Crippen LogP) is 4.96. The second kappa shape index (κ2) is 11.8. The van der Waals surface area contributed by atoms with Crippen LogP contribution < -0.4 is 14.4 Å². The molecule has 7 rings (SSSR count). The number of hydrazone groups is 1. The van der Waals surface area contributed by atoms with E-state index in [2.05, 4.69) is 16.4 Å². The first kappa shape index (κ1) is 29.3. The van der Waals surface area contributed by atoms with Crippen LogP contribution in [0, 0.1) is 11.7 Å². The van der Waals surface area contributed by atoms with Crippen molar-refractivity contribution >= 4 is 35.2 Å². The lowest BCUT2D eigenvalue weighted by Crippen LogP contribution is -2.45. The third kappa shape index (κ3) is 5.09. The third-order valence-corrected chi connectivity index (χ3v) is 8.89. The van der Waals surface area contributed by atoms with Gasteiger partial charge < -0.3 is 9.47 Å². The Labute approximate surface area is 264 Å². The molecule has 4 atom stereocenters. The van der Waals surface area contributed by atoms with Gasteiger partial charge in [-0.15, -0.1) is 0 Å². The zero-order valence-electron chi connectivity index (χ0n) is 25.2. The van der Waals surface area contributed by atoms with Crippen molar-refractivity contribution in [2.45, 2.75) is 37.4 Å². The van der Waals surface area contributed by atoms with Crippen molar-refractivity contribution in [3.8, 4) is 11.5 Å². The van der Waals surface area contributed by atoms with Crippen LogP contribution in [-0.2, 0) is 14.4 Å². The summed E-state index contributed by atoms with van der Waals surface area (Å²) in [4.78, 5) is 41.6. The number of imide groups is 1. The van der Waals surface area contributed by atoms with Crippen LogP contribution in [0.15, 0.2) is 93.8 Å². The maximum Gasteiger partial charge on any atom is 0.264 e. The molecule has 0 radical (unpaired) electrons. The number of fused-ring (bicyclic) bond motifs is 2. The standard InChI is InChI=1S/C34H31FN6O5/c1-45-25-13-9-20(10-14-25)17-22-5-3-8-27-29(22)37-41(31(27)21-11-15-26(46-2)16-12-21)28(42)19-39-32-30(36-38-39)33(43)40(34(32)44)24-7-4-6-23(35)18-24/h4,6-7,9-18,27,30-32H,3,5,8,19H2,1-2H3/b22-17+/t27-,30+,31+,32+/m1/s1. The topological polar surface area (TPSA) is 116 Å². The van der Waals surface area contributed by atoms with Crippen LogP contribution in [0.4, 0.5) is 10.1 Å². The average molecular weight is 623 g/mol. The molecule has 3 aliphatic heterocycles. The van der Waals surface area contributed by atoms with Gasteiger partial charge in [0.05, 0.1) is 31.7 Å². The van der Waals surface area contributed by atoms with Crippen LogP contribution in [0.3, 0.4) is 0 Å². The summed E-state index contributed by atoms with van der Waals surface area (Å²) in [6.07, 6.45) is 4.68. The van der Waals surface area contributed by atoms with Crippen LogP contribution in [-0.4, -0.2) is 66.3 Å². The molecule has 3 amide bonds. The Hall–Kier alpha value is -5.39. The molecule has 0 spiro atoms. The summed E-state index contributed by atoms with van der Waals surface area (Å²) in [5.41, 5.74) is 3.91. The van der Waals surface area contributed by atoms with E-state index >= 15 is 0 Å². The fourth-order valence-corrected chi connectivity index (χ4v) is 6.68. The molecule has 0 aromatic heterocycles. The normalized spacial score (nSPS) is 24.4. The first-order valence-corrected chi connectivity index (χ1v) is 15.1.